The zero-order valence-corrected chi connectivity index (χ0v) is 24.0. The molecular weight excluding hydrogens is 543 g/mol. The van der Waals surface area contributed by atoms with Gasteiger partial charge in [0.15, 0.2) is 0 Å². The largest absolute Gasteiger partial charge is 0.369 e. The van der Waals surface area contributed by atoms with E-state index < -0.39 is 15.8 Å². The summed E-state index contributed by atoms with van der Waals surface area (Å²) in [5.74, 6) is -0.809. The fraction of sp³-hybridized carbons (Fsp3) is 0.355. The highest BCUT2D eigenvalue weighted by Gasteiger charge is 2.27. The second-order valence-corrected chi connectivity index (χ2v) is 12.3. The zero-order valence-electron chi connectivity index (χ0n) is 23.2. The number of sulfonamides is 1. The van der Waals surface area contributed by atoms with Crippen molar-refractivity contribution in [3.8, 4) is 0 Å². The molecule has 2 heterocycles. The maximum atomic E-state index is 13.8. The first kappa shape index (κ1) is 28.6. The van der Waals surface area contributed by atoms with Crippen molar-refractivity contribution in [1.29, 1.82) is 0 Å². The van der Waals surface area contributed by atoms with Gasteiger partial charge in [-0.2, -0.15) is 0 Å². The number of nitrogens with zero attached hydrogens (tertiary/aromatic N) is 3. The molecule has 0 bridgehead atoms. The van der Waals surface area contributed by atoms with Crippen LogP contribution in [0.15, 0.2) is 71.6 Å². The minimum absolute atomic E-state index is 0.131. The molecule has 2 fully saturated rings. The SMILES string of the molecule is Cc1ccc(S(=O)(=O)Nc2ccc(N3CCCN(C(=O)c4cccc(F)c4)CC3)c(C(=O)N3CCCCC3)c2)cc1. The summed E-state index contributed by atoms with van der Waals surface area (Å²) in [4.78, 5) is 32.6. The van der Waals surface area contributed by atoms with Crippen molar-refractivity contribution in [2.24, 2.45) is 0 Å². The summed E-state index contributed by atoms with van der Waals surface area (Å²) in [5, 5.41) is 0. The monoisotopic (exact) mass is 578 g/mol. The number of aryl methyl sites for hydroxylation is 1. The Morgan fingerprint density at radius 1 is 0.756 bits per heavy atom. The van der Waals surface area contributed by atoms with Crippen molar-refractivity contribution in [3.63, 3.8) is 0 Å². The van der Waals surface area contributed by atoms with E-state index in [1.807, 2.05) is 11.8 Å². The lowest BCUT2D eigenvalue weighted by Crippen LogP contribution is -2.38. The number of halogens is 1. The summed E-state index contributed by atoms with van der Waals surface area (Å²) in [6, 6.07) is 17.4. The number of likely N-dealkylation sites (tertiary alicyclic amines) is 1. The third-order valence-electron chi connectivity index (χ3n) is 7.65. The molecule has 8 nitrogen and oxygen atoms in total. The van der Waals surface area contributed by atoms with E-state index in [2.05, 4.69) is 9.62 Å². The fourth-order valence-electron chi connectivity index (χ4n) is 5.41. The Balaban J connectivity index is 1.41. The highest BCUT2D eigenvalue weighted by atomic mass is 32.2. The Morgan fingerprint density at radius 2 is 1.46 bits per heavy atom. The molecule has 10 heteroatoms. The van der Waals surface area contributed by atoms with Gasteiger partial charge in [-0.1, -0.05) is 23.8 Å². The minimum Gasteiger partial charge on any atom is -0.369 e. The molecule has 5 rings (SSSR count). The number of nitrogens with one attached hydrogen (secondary N) is 1. The standard InChI is InChI=1S/C31H35FN4O4S/c1-23-9-12-27(13-10-23)41(39,40)33-26-11-14-29(28(22-26)31(38)35-15-3-2-4-16-35)34-17-6-18-36(20-19-34)30(37)24-7-5-8-25(32)21-24/h5,7-14,21-22,33H,2-4,6,15-20H2,1H3. The molecule has 0 atom stereocenters. The summed E-state index contributed by atoms with van der Waals surface area (Å²) in [6.45, 7) is 5.23. The predicted molar refractivity (Wildman–Crippen MR) is 157 cm³/mol. The number of hydrogen-bond acceptors (Lipinski definition) is 5. The molecule has 0 saturated carbocycles. The third-order valence-corrected chi connectivity index (χ3v) is 9.05. The van der Waals surface area contributed by atoms with Crippen LogP contribution in [0, 0.1) is 12.7 Å². The van der Waals surface area contributed by atoms with Gasteiger partial charge in [0.05, 0.1) is 10.5 Å². The summed E-state index contributed by atoms with van der Waals surface area (Å²) in [5.41, 5.74) is 2.72. The van der Waals surface area contributed by atoms with E-state index in [1.165, 1.54) is 18.2 Å². The molecule has 41 heavy (non-hydrogen) atoms. The Morgan fingerprint density at radius 3 is 2.20 bits per heavy atom. The summed E-state index contributed by atoms with van der Waals surface area (Å²) in [6.07, 6.45) is 3.61. The van der Waals surface area contributed by atoms with Gasteiger partial charge < -0.3 is 14.7 Å². The van der Waals surface area contributed by atoms with Crippen molar-refractivity contribution in [3.05, 3.63) is 89.2 Å². The van der Waals surface area contributed by atoms with E-state index in [-0.39, 0.29) is 16.7 Å². The van der Waals surface area contributed by atoms with Crippen LogP contribution in [0.1, 0.15) is 52.0 Å². The number of carbonyl (C=O) groups is 2. The second kappa shape index (κ2) is 12.3. The molecule has 0 aliphatic carbocycles. The Hall–Kier alpha value is -3.92. The molecule has 216 valence electrons. The second-order valence-electron chi connectivity index (χ2n) is 10.6. The fourth-order valence-corrected chi connectivity index (χ4v) is 6.46. The molecule has 2 aliphatic heterocycles. The van der Waals surface area contributed by atoms with E-state index in [0.29, 0.717) is 68.2 Å². The first-order chi connectivity index (χ1) is 19.7. The maximum Gasteiger partial charge on any atom is 0.261 e. The first-order valence-corrected chi connectivity index (χ1v) is 15.5. The molecular formula is C31H35FN4O4S. The first-order valence-electron chi connectivity index (χ1n) is 14.0. The average Bonchev–Trinajstić information content (AvgIpc) is 3.23. The number of anilines is 2. The Labute approximate surface area is 240 Å². The topological polar surface area (TPSA) is 90.0 Å². The normalized spacial score (nSPS) is 16.3. The molecule has 2 aliphatic rings. The molecule has 0 aromatic heterocycles. The van der Waals surface area contributed by atoms with Gasteiger partial charge in [0.1, 0.15) is 5.82 Å². The average molecular weight is 579 g/mol. The molecule has 0 spiro atoms. The minimum atomic E-state index is -3.85. The molecule has 2 amide bonds. The van der Waals surface area contributed by atoms with Crippen LogP contribution in [0.5, 0.6) is 0 Å². The van der Waals surface area contributed by atoms with Crippen LogP contribution in [0.25, 0.3) is 0 Å². The van der Waals surface area contributed by atoms with Gasteiger partial charge in [-0.3, -0.25) is 14.3 Å². The molecule has 3 aromatic rings. The molecule has 0 radical (unpaired) electrons. The number of amides is 2. The van der Waals surface area contributed by atoms with Crippen LogP contribution in [0.2, 0.25) is 0 Å². The van der Waals surface area contributed by atoms with Gasteiger partial charge >= 0.3 is 0 Å². The molecule has 0 unspecified atom stereocenters. The van der Waals surface area contributed by atoms with E-state index in [0.717, 1.165) is 24.8 Å². The van der Waals surface area contributed by atoms with Gasteiger partial charge in [0.2, 0.25) is 0 Å². The molecule has 1 N–H and O–H groups in total. The van der Waals surface area contributed by atoms with Gasteiger partial charge in [-0.25, -0.2) is 12.8 Å². The van der Waals surface area contributed by atoms with Gasteiger partial charge in [-0.05, 0) is 81.1 Å². The van der Waals surface area contributed by atoms with Crippen molar-refractivity contribution >= 4 is 33.2 Å². The highest BCUT2D eigenvalue weighted by Crippen LogP contribution is 2.29. The van der Waals surface area contributed by atoms with Crippen molar-refractivity contribution in [2.45, 2.75) is 37.5 Å². The summed E-state index contributed by atoms with van der Waals surface area (Å²) >= 11 is 0. The number of hydrogen-bond donors (Lipinski definition) is 1. The smallest absolute Gasteiger partial charge is 0.261 e. The zero-order chi connectivity index (χ0) is 29.0. The van der Waals surface area contributed by atoms with Crippen LogP contribution in [-0.2, 0) is 10.0 Å². The molecule has 3 aromatic carbocycles. The summed E-state index contributed by atoms with van der Waals surface area (Å²) < 4.78 is 42.5. The third kappa shape index (κ3) is 6.70. The van der Waals surface area contributed by atoms with Crippen LogP contribution in [-0.4, -0.2) is 69.3 Å². The van der Waals surface area contributed by atoms with Crippen LogP contribution in [0.4, 0.5) is 15.8 Å². The number of benzene rings is 3. The van der Waals surface area contributed by atoms with Gasteiger partial charge in [0, 0.05) is 56.2 Å². The quantitative estimate of drug-likeness (QED) is 0.449. The molecule has 2 saturated heterocycles. The number of rotatable bonds is 6. The Bertz CT molecular complexity index is 1520. The lowest BCUT2D eigenvalue weighted by Gasteiger charge is -2.30. The highest BCUT2D eigenvalue weighted by molar-refractivity contribution is 7.92. The van der Waals surface area contributed by atoms with Crippen molar-refractivity contribution in [2.75, 3.05) is 48.9 Å². The van der Waals surface area contributed by atoms with E-state index in [1.54, 1.807) is 53.4 Å². The Kier molecular flexibility index (Phi) is 8.58. The lowest BCUT2D eigenvalue weighted by molar-refractivity contribution is 0.0723. The van der Waals surface area contributed by atoms with Crippen molar-refractivity contribution < 1.29 is 22.4 Å². The maximum absolute atomic E-state index is 13.8. The van der Waals surface area contributed by atoms with E-state index in [9.17, 15) is 22.4 Å². The lowest BCUT2D eigenvalue weighted by atomic mass is 10.1. The van der Waals surface area contributed by atoms with Gasteiger partial charge in [0.25, 0.3) is 21.8 Å². The predicted octanol–water partition coefficient (Wildman–Crippen LogP) is 4.91. The van der Waals surface area contributed by atoms with Crippen LogP contribution in [0.3, 0.4) is 0 Å². The number of carbonyl (C=O) groups excluding carboxylic acids is 2. The van der Waals surface area contributed by atoms with Gasteiger partial charge in [-0.15, -0.1) is 0 Å². The summed E-state index contributed by atoms with van der Waals surface area (Å²) in [7, 11) is -3.85. The van der Waals surface area contributed by atoms with Crippen LogP contribution >= 0.6 is 0 Å². The van der Waals surface area contributed by atoms with E-state index >= 15 is 0 Å². The van der Waals surface area contributed by atoms with E-state index in [4.69, 9.17) is 0 Å². The van der Waals surface area contributed by atoms with Crippen LogP contribution < -0.4 is 9.62 Å². The number of piperidine rings is 1. The van der Waals surface area contributed by atoms with Crippen molar-refractivity contribution in [1.82, 2.24) is 9.80 Å².